The van der Waals surface area contributed by atoms with Crippen LogP contribution in [0, 0.1) is 0 Å². The fourth-order valence-electron chi connectivity index (χ4n) is 2.50. The average Bonchev–Trinajstić information content (AvgIpc) is 2.83. The molecule has 7 heteroatoms. The summed E-state index contributed by atoms with van der Waals surface area (Å²) in [6, 6.07) is 0.356. The molecule has 1 aromatic heterocycles. The van der Waals surface area contributed by atoms with Gasteiger partial charge in [0.25, 0.3) is 0 Å². The van der Waals surface area contributed by atoms with Gasteiger partial charge in [0.2, 0.25) is 10.0 Å². The van der Waals surface area contributed by atoms with Crippen LogP contribution in [0.25, 0.3) is 0 Å². The number of hydrogen-bond acceptors (Lipinski definition) is 4. The lowest BCUT2D eigenvalue weighted by molar-refractivity contribution is 0.392. The quantitative estimate of drug-likeness (QED) is 0.765. The first kappa shape index (κ1) is 15.5. The Morgan fingerprint density at radius 1 is 1.50 bits per heavy atom. The first-order valence-corrected chi connectivity index (χ1v) is 8.89. The highest BCUT2D eigenvalue weighted by atomic mass is 32.2. The number of hydrogen-bond donors (Lipinski definition) is 2. The topological polar surface area (TPSA) is 76.0 Å². The number of nitrogens with one attached hydrogen (secondary N) is 2. The van der Waals surface area contributed by atoms with Crippen molar-refractivity contribution in [1.82, 2.24) is 19.6 Å². The normalized spacial score (nSPS) is 20.1. The third kappa shape index (κ3) is 4.88. The molecule has 0 radical (unpaired) electrons. The van der Waals surface area contributed by atoms with Gasteiger partial charge in [0.15, 0.2) is 0 Å². The van der Waals surface area contributed by atoms with E-state index in [-0.39, 0.29) is 5.75 Å². The van der Waals surface area contributed by atoms with E-state index in [2.05, 4.69) is 15.0 Å². The second kappa shape index (κ2) is 7.19. The summed E-state index contributed by atoms with van der Waals surface area (Å²) in [6.45, 7) is 1.42. The number of rotatable bonds is 7. The highest BCUT2D eigenvalue weighted by Crippen LogP contribution is 2.10. The molecule has 1 aliphatic heterocycles. The number of imidazole rings is 1. The van der Waals surface area contributed by atoms with Crippen molar-refractivity contribution in [2.45, 2.75) is 38.1 Å². The number of nitrogens with zero attached hydrogens (tertiary/aromatic N) is 2. The molecule has 0 aromatic carbocycles. The van der Waals surface area contributed by atoms with Crippen molar-refractivity contribution in [2.24, 2.45) is 7.05 Å². The van der Waals surface area contributed by atoms with Gasteiger partial charge in [-0.1, -0.05) is 6.42 Å². The van der Waals surface area contributed by atoms with Gasteiger partial charge in [-0.2, -0.15) is 0 Å². The van der Waals surface area contributed by atoms with Gasteiger partial charge in [0, 0.05) is 38.4 Å². The van der Waals surface area contributed by atoms with Crippen LogP contribution in [0.3, 0.4) is 0 Å². The third-order valence-corrected chi connectivity index (χ3v) is 5.16. The van der Waals surface area contributed by atoms with Crippen LogP contribution in [0.2, 0.25) is 0 Å². The second-order valence-electron chi connectivity index (χ2n) is 5.35. The first-order valence-electron chi connectivity index (χ1n) is 7.24. The van der Waals surface area contributed by atoms with Gasteiger partial charge in [-0.05, 0) is 25.8 Å². The van der Waals surface area contributed by atoms with Gasteiger partial charge in [0.1, 0.15) is 5.82 Å². The summed E-state index contributed by atoms with van der Waals surface area (Å²) >= 11 is 0. The van der Waals surface area contributed by atoms with Crippen molar-refractivity contribution in [3.63, 3.8) is 0 Å². The minimum Gasteiger partial charge on any atom is -0.338 e. The Morgan fingerprint density at radius 2 is 2.35 bits per heavy atom. The molecule has 0 amide bonds. The third-order valence-electron chi connectivity index (χ3n) is 3.74. The Bertz CT molecular complexity index is 506. The van der Waals surface area contributed by atoms with E-state index in [9.17, 15) is 8.42 Å². The molecule has 6 nitrogen and oxygen atoms in total. The van der Waals surface area contributed by atoms with Crippen LogP contribution in [0.5, 0.6) is 0 Å². The molecule has 1 aromatic rings. The Balaban J connectivity index is 1.69. The van der Waals surface area contributed by atoms with Crippen LogP contribution in [-0.4, -0.2) is 42.9 Å². The average molecular weight is 300 g/mol. The van der Waals surface area contributed by atoms with Crippen molar-refractivity contribution in [3.05, 3.63) is 18.2 Å². The van der Waals surface area contributed by atoms with Gasteiger partial charge >= 0.3 is 0 Å². The Kier molecular flexibility index (Phi) is 5.56. The van der Waals surface area contributed by atoms with E-state index in [0.717, 1.165) is 18.8 Å². The predicted molar refractivity (Wildman–Crippen MR) is 79.0 cm³/mol. The SMILES string of the molecule is Cn1ccnc1CCNS(=O)(=O)CCC1CCCCN1. The summed E-state index contributed by atoms with van der Waals surface area (Å²) in [5.74, 6) is 1.09. The maximum absolute atomic E-state index is 11.9. The first-order chi connectivity index (χ1) is 9.57. The van der Waals surface area contributed by atoms with Gasteiger partial charge in [-0.3, -0.25) is 0 Å². The zero-order chi connectivity index (χ0) is 14.4. The molecule has 2 rings (SSSR count). The number of piperidine rings is 1. The summed E-state index contributed by atoms with van der Waals surface area (Å²) in [6.07, 6.45) is 8.37. The lowest BCUT2D eigenvalue weighted by atomic mass is 10.0. The standard InChI is InChI=1S/C13H24N4O2S/c1-17-10-9-15-13(17)5-8-16-20(18,19)11-6-12-4-2-3-7-14-12/h9-10,12,14,16H,2-8,11H2,1H3. The Hall–Kier alpha value is -0.920. The molecule has 1 aliphatic rings. The van der Waals surface area contributed by atoms with Gasteiger partial charge in [0.05, 0.1) is 5.75 Å². The van der Waals surface area contributed by atoms with Crippen molar-refractivity contribution >= 4 is 10.0 Å². The van der Waals surface area contributed by atoms with Crippen LogP contribution in [0.1, 0.15) is 31.5 Å². The minimum absolute atomic E-state index is 0.200. The van der Waals surface area contributed by atoms with E-state index >= 15 is 0 Å². The van der Waals surface area contributed by atoms with Gasteiger partial charge in [-0.25, -0.2) is 18.1 Å². The van der Waals surface area contributed by atoms with E-state index in [1.165, 1.54) is 12.8 Å². The van der Waals surface area contributed by atoms with E-state index in [0.29, 0.717) is 25.4 Å². The minimum atomic E-state index is -3.17. The smallest absolute Gasteiger partial charge is 0.211 e. The zero-order valence-electron chi connectivity index (χ0n) is 12.0. The van der Waals surface area contributed by atoms with Crippen molar-refractivity contribution in [2.75, 3.05) is 18.8 Å². The number of aromatic nitrogens is 2. The molecule has 2 heterocycles. The van der Waals surface area contributed by atoms with Gasteiger partial charge < -0.3 is 9.88 Å². The van der Waals surface area contributed by atoms with E-state index < -0.39 is 10.0 Å². The lowest BCUT2D eigenvalue weighted by Crippen LogP contribution is -2.37. The molecule has 2 N–H and O–H groups in total. The molecule has 1 saturated heterocycles. The van der Waals surface area contributed by atoms with E-state index in [4.69, 9.17) is 0 Å². The van der Waals surface area contributed by atoms with Crippen LogP contribution >= 0.6 is 0 Å². The highest BCUT2D eigenvalue weighted by molar-refractivity contribution is 7.89. The summed E-state index contributed by atoms with van der Waals surface area (Å²) < 4.78 is 28.4. The molecule has 20 heavy (non-hydrogen) atoms. The summed E-state index contributed by atoms with van der Waals surface area (Å²) in [4.78, 5) is 4.17. The van der Waals surface area contributed by atoms with E-state index in [1.807, 2.05) is 17.8 Å². The Morgan fingerprint density at radius 3 is 3.00 bits per heavy atom. The molecule has 0 bridgehead atoms. The molecule has 0 saturated carbocycles. The largest absolute Gasteiger partial charge is 0.338 e. The molecule has 0 aliphatic carbocycles. The predicted octanol–water partition coefficient (Wildman–Crippen LogP) is 0.414. The fourth-order valence-corrected chi connectivity index (χ4v) is 3.65. The van der Waals surface area contributed by atoms with E-state index in [1.54, 1.807) is 6.20 Å². The van der Waals surface area contributed by atoms with Gasteiger partial charge in [-0.15, -0.1) is 0 Å². The number of sulfonamides is 1. The summed E-state index contributed by atoms with van der Waals surface area (Å²) in [5.41, 5.74) is 0. The van der Waals surface area contributed by atoms with Crippen LogP contribution in [0.4, 0.5) is 0 Å². The molecular weight excluding hydrogens is 276 g/mol. The highest BCUT2D eigenvalue weighted by Gasteiger charge is 2.17. The van der Waals surface area contributed by atoms with Crippen molar-refractivity contribution in [1.29, 1.82) is 0 Å². The lowest BCUT2D eigenvalue weighted by Gasteiger charge is -2.23. The van der Waals surface area contributed by atoms with Crippen LogP contribution < -0.4 is 10.0 Å². The molecular formula is C13H24N4O2S. The molecule has 1 atom stereocenters. The monoisotopic (exact) mass is 300 g/mol. The summed E-state index contributed by atoms with van der Waals surface area (Å²) in [7, 11) is -1.27. The van der Waals surface area contributed by atoms with Crippen molar-refractivity contribution in [3.8, 4) is 0 Å². The van der Waals surface area contributed by atoms with Crippen LogP contribution in [0.15, 0.2) is 12.4 Å². The molecule has 114 valence electrons. The summed E-state index contributed by atoms with van der Waals surface area (Å²) in [5, 5.41) is 3.37. The van der Waals surface area contributed by atoms with Crippen molar-refractivity contribution < 1.29 is 8.42 Å². The zero-order valence-corrected chi connectivity index (χ0v) is 12.8. The number of aryl methyl sites for hydroxylation is 1. The fraction of sp³-hybridized carbons (Fsp3) is 0.769. The van der Waals surface area contributed by atoms with Crippen LogP contribution in [-0.2, 0) is 23.5 Å². The molecule has 0 spiro atoms. The Labute approximate surface area is 121 Å². The maximum atomic E-state index is 11.9. The second-order valence-corrected chi connectivity index (χ2v) is 7.28. The molecule has 1 unspecified atom stereocenters. The molecule has 1 fully saturated rings. The maximum Gasteiger partial charge on any atom is 0.211 e.